The molecule has 0 atom stereocenters. The molecule has 0 heterocycles. The number of aliphatic hydroxyl groups is 1. The van der Waals surface area contributed by atoms with Gasteiger partial charge in [0.1, 0.15) is 0 Å². The van der Waals surface area contributed by atoms with Gasteiger partial charge in [-0.1, -0.05) is 0 Å². The highest BCUT2D eigenvalue weighted by molar-refractivity contribution is 7.91. The first kappa shape index (κ1) is 8.87. The fourth-order valence-electron chi connectivity index (χ4n) is 0.271. The van der Waals surface area contributed by atoms with Crippen LogP contribution in [-0.4, -0.2) is 26.7 Å². The Morgan fingerprint density at radius 3 is 2.56 bits per heavy atom. The van der Waals surface area contributed by atoms with Crippen LogP contribution in [-0.2, 0) is 10.0 Å². The first-order valence-electron chi connectivity index (χ1n) is 2.52. The summed E-state index contributed by atoms with van der Waals surface area (Å²) >= 11 is 0. The molecular weight excluding hydrogens is 142 g/mol. The second kappa shape index (κ2) is 3.81. The Kier molecular flexibility index (Phi) is 3.76. The van der Waals surface area contributed by atoms with Crippen LogP contribution >= 0.6 is 0 Å². The minimum atomic E-state index is -3.22. The molecule has 0 bridgehead atoms. The van der Waals surface area contributed by atoms with E-state index in [2.05, 4.69) is 4.72 Å². The van der Waals surface area contributed by atoms with Gasteiger partial charge in [0.05, 0.1) is 12.4 Å². The summed E-state index contributed by atoms with van der Waals surface area (Å²) in [6, 6.07) is 0. The lowest BCUT2D eigenvalue weighted by atomic mass is 10.8. The third-order valence-electron chi connectivity index (χ3n) is 0.725. The molecule has 0 rings (SSSR count). The van der Waals surface area contributed by atoms with Crippen LogP contribution in [0.3, 0.4) is 0 Å². The van der Waals surface area contributed by atoms with Crippen molar-refractivity contribution in [3.8, 4) is 0 Å². The van der Waals surface area contributed by atoms with Crippen molar-refractivity contribution in [2.45, 2.75) is 6.92 Å². The largest absolute Gasteiger partial charge is 0.395 e. The molecule has 9 heavy (non-hydrogen) atoms. The molecule has 5 heteroatoms. The summed E-state index contributed by atoms with van der Waals surface area (Å²) in [6.45, 7) is 1.32. The van der Waals surface area contributed by atoms with Crippen molar-refractivity contribution in [1.29, 1.82) is 0 Å². The van der Waals surface area contributed by atoms with E-state index in [0.717, 1.165) is 5.75 Å². The molecule has 0 saturated carbocycles. The summed E-state index contributed by atoms with van der Waals surface area (Å²) in [5, 5.41) is 8.18. The van der Waals surface area contributed by atoms with Gasteiger partial charge in [-0.3, -0.25) is 0 Å². The molecule has 0 aromatic carbocycles. The van der Waals surface area contributed by atoms with Crippen LogP contribution < -0.4 is 4.72 Å². The van der Waals surface area contributed by atoms with Crippen LogP contribution in [0.4, 0.5) is 0 Å². The van der Waals surface area contributed by atoms with Crippen LogP contribution in [0.2, 0.25) is 0 Å². The van der Waals surface area contributed by atoms with E-state index in [1.54, 1.807) is 0 Å². The maximum atomic E-state index is 10.5. The first-order valence-corrected chi connectivity index (χ1v) is 4.07. The number of nitrogens with one attached hydrogen (secondary N) is 1. The van der Waals surface area contributed by atoms with Gasteiger partial charge in [-0.15, -0.1) is 0 Å². The van der Waals surface area contributed by atoms with Gasteiger partial charge in [0, 0.05) is 6.54 Å². The third-order valence-corrected chi connectivity index (χ3v) is 1.95. The normalized spacial score (nSPS) is 11.8. The zero-order chi connectivity index (χ0) is 7.33. The number of hydrogen-bond donors (Lipinski definition) is 2. The van der Waals surface area contributed by atoms with Gasteiger partial charge in [0.2, 0.25) is 10.0 Å². The Morgan fingerprint density at radius 1 is 1.67 bits per heavy atom. The number of sulfonamides is 1. The fraction of sp³-hybridized carbons (Fsp3) is 0.750. The maximum Gasteiger partial charge on any atom is 0.215 e. The SMILES string of the molecule is C[CH]S(=O)(=O)NCCO. The van der Waals surface area contributed by atoms with E-state index >= 15 is 0 Å². The van der Waals surface area contributed by atoms with E-state index in [0.29, 0.717) is 0 Å². The second-order valence-corrected chi connectivity index (χ2v) is 3.25. The minimum absolute atomic E-state index is 0.0761. The van der Waals surface area contributed by atoms with Crippen molar-refractivity contribution >= 4 is 10.0 Å². The molecule has 0 unspecified atom stereocenters. The molecule has 4 nitrogen and oxygen atoms in total. The summed E-state index contributed by atoms with van der Waals surface area (Å²) in [5.74, 6) is 1.04. The molecule has 0 aliphatic heterocycles. The highest BCUT2D eigenvalue weighted by Gasteiger charge is 2.03. The number of hydrogen-bond acceptors (Lipinski definition) is 3. The van der Waals surface area contributed by atoms with E-state index in [4.69, 9.17) is 5.11 Å². The van der Waals surface area contributed by atoms with Crippen LogP contribution in [0.1, 0.15) is 6.92 Å². The van der Waals surface area contributed by atoms with E-state index in [9.17, 15) is 8.42 Å². The van der Waals surface area contributed by atoms with Crippen molar-refractivity contribution in [2.75, 3.05) is 13.2 Å². The van der Waals surface area contributed by atoms with Crippen LogP contribution in [0.25, 0.3) is 0 Å². The Labute approximate surface area is 54.9 Å². The maximum absolute atomic E-state index is 10.5. The first-order chi connectivity index (χ1) is 4.12. The lowest BCUT2D eigenvalue weighted by Crippen LogP contribution is -2.25. The van der Waals surface area contributed by atoms with Crippen molar-refractivity contribution in [1.82, 2.24) is 4.72 Å². The highest BCUT2D eigenvalue weighted by atomic mass is 32.2. The summed E-state index contributed by atoms with van der Waals surface area (Å²) in [5.41, 5.74) is 0. The molecule has 0 aromatic rings. The molecule has 0 amide bonds. The van der Waals surface area contributed by atoms with Gasteiger partial charge in [-0.05, 0) is 6.92 Å². The minimum Gasteiger partial charge on any atom is -0.395 e. The summed E-state index contributed by atoms with van der Waals surface area (Å²) in [7, 11) is -3.22. The number of rotatable bonds is 4. The van der Waals surface area contributed by atoms with E-state index in [-0.39, 0.29) is 13.2 Å². The molecular formula is C4H10NO3S. The molecule has 0 saturated heterocycles. The molecule has 0 aliphatic rings. The molecule has 0 fully saturated rings. The van der Waals surface area contributed by atoms with Gasteiger partial charge in [0.25, 0.3) is 0 Å². The van der Waals surface area contributed by atoms with Crippen LogP contribution in [0, 0.1) is 5.75 Å². The zero-order valence-corrected chi connectivity index (χ0v) is 5.98. The monoisotopic (exact) mass is 152 g/mol. The highest BCUT2D eigenvalue weighted by Crippen LogP contribution is 1.85. The van der Waals surface area contributed by atoms with E-state index in [1.807, 2.05) is 0 Å². The smallest absolute Gasteiger partial charge is 0.215 e. The van der Waals surface area contributed by atoms with Gasteiger partial charge in [0.15, 0.2) is 0 Å². The Balaban J connectivity index is 3.61. The van der Waals surface area contributed by atoms with Gasteiger partial charge in [-0.25, -0.2) is 13.1 Å². The van der Waals surface area contributed by atoms with Crippen molar-refractivity contribution in [2.24, 2.45) is 0 Å². The summed E-state index contributed by atoms with van der Waals surface area (Å²) < 4.78 is 23.1. The van der Waals surface area contributed by atoms with Crippen molar-refractivity contribution in [3.05, 3.63) is 5.75 Å². The molecule has 0 spiro atoms. The van der Waals surface area contributed by atoms with Crippen LogP contribution in [0.5, 0.6) is 0 Å². The Morgan fingerprint density at radius 2 is 2.22 bits per heavy atom. The van der Waals surface area contributed by atoms with Gasteiger partial charge >= 0.3 is 0 Å². The lowest BCUT2D eigenvalue weighted by molar-refractivity contribution is 0.301. The molecule has 55 valence electrons. The average Bonchev–Trinajstić information content (AvgIpc) is 1.84. The Bertz CT molecular complexity index is 151. The van der Waals surface area contributed by atoms with E-state index in [1.165, 1.54) is 6.92 Å². The summed E-state index contributed by atoms with van der Waals surface area (Å²) in [4.78, 5) is 0. The quantitative estimate of drug-likeness (QED) is 0.547. The van der Waals surface area contributed by atoms with Crippen molar-refractivity contribution in [3.63, 3.8) is 0 Å². The fourth-order valence-corrected chi connectivity index (χ4v) is 0.814. The topological polar surface area (TPSA) is 66.4 Å². The molecule has 0 aromatic heterocycles. The van der Waals surface area contributed by atoms with Gasteiger partial charge < -0.3 is 5.11 Å². The molecule has 1 radical (unpaired) electrons. The lowest BCUT2D eigenvalue weighted by Gasteiger charge is -1.98. The predicted molar refractivity (Wildman–Crippen MR) is 34.0 cm³/mol. The Hall–Kier alpha value is -0.130. The number of aliphatic hydroxyl groups excluding tert-OH is 1. The molecule has 0 aliphatic carbocycles. The summed E-state index contributed by atoms with van der Waals surface area (Å²) in [6.07, 6.45) is 0. The average molecular weight is 152 g/mol. The van der Waals surface area contributed by atoms with E-state index < -0.39 is 10.0 Å². The molecule has 2 N–H and O–H groups in total. The standard InChI is InChI=1S/C4H10NO3S/c1-2-9(7,8)5-3-4-6/h2,5-6H,3-4H2,1H3. The predicted octanol–water partition coefficient (Wildman–Crippen LogP) is -0.920. The van der Waals surface area contributed by atoms with Crippen LogP contribution in [0.15, 0.2) is 0 Å². The third kappa shape index (κ3) is 4.38. The second-order valence-electron chi connectivity index (χ2n) is 1.40. The van der Waals surface area contributed by atoms with Crippen molar-refractivity contribution < 1.29 is 13.5 Å². The zero-order valence-electron chi connectivity index (χ0n) is 5.16. The van der Waals surface area contributed by atoms with Gasteiger partial charge in [-0.2, -0.15) is 0 Å².